The van der Waals surface area contributed by atoms with Crippen molar-refractivity contribution in [2.75, 3.05) is 13.2 Å². The summed E-state index contributed by atoms with van der Waals surface area (Å²) in [6.07, 6.45) is 6.15. The summed E-state index contributed by atoms with van der Waals surface area (Å²) < 4.78 is 10.9. The quantitative estimate of drug-likeness (QED) is 0.546. The molecule has 0 aromatic carbocycles. The van der Waals surface area contributed by atoms with E-state index in [4.69, 9.17) is 21.1 Å². The van der Waals surface area contributed by atoms with Crippen molar-refractivity contribution in [1.29, 1.82) is 0 Å². The summed E-state index contributed by atoms with van der Waals surface area (Å²) in [4.78, 5) is 0. The molecule has 0 aromatic rings. The Balaban J connectivity index is 1.99. The van der Waals surface area contributed by atoms with Crippen LogP contribution in [0.1, 0.15) is 45.4 Å². The van der Waals surface area contributed by atoms with Crippen molar-refractivity contribution < 1.29 is 9.47 Å². The van der Waals surface area contributed by atoms with Crippen molar-refractivity contribution in [2.24, 2.45) is 0 Å². The Labute approximate surface area is 104 Å². The summed E-state index contributed by atoms with van der Waals surface area (Å²) in [5.41, 5.74) is 0. The lowest BCUT2D eigenvalue weighted by atomic mass is 10.2. The Morgan fingerprint density at radius 3 is 3.00 bits per heavy atom. The maximum atomic E-state index is 5.98. The van der Waals surface area contributed by atoms with Crippen molar-refractivity contribution >= 4 is 11.6 Å². The molecular formula is C13H21ClO2. The lowest BCUT2D eigenvalue weighted by Crippen LogP contribution is -2.22. The average molecular weight is 245 g/mol. The minimum Gasteiger partial charge on any atom is -0.353 e. The van der Waals surface area contributed by atoms with Crippen LogP contribution in [0, 0.1) is 11.8 Å². The molecule has 0 saturated carbocycles. The van der Waals surface area contributed by atoms with Gasteiger partial charge in [-0.1, -0.05) is 12.8 Å². The normalized spacial score (nSPS) is 22.2. The fourth-order valence-electron chi connectivity index (χ4n) is 1.55. The van der Waals surface area contributed by atoms with Gasteiger partial charge in [-0.05, 0) is 32.1 Å². The molecule has 16 heavy (non-hydrogen) atoms. The fraction of sp³-hybridized carbons (Fsp3) is 0.846. The Bertz CT molecular complexity index is 226. The zero-order valence-electron chi connectivity index (χ0n) is 10.0. The number of ether oxygens (including phenoxy) is 2. The Kier molecular flexibility index (Phi) is 7.67. The molecule has 0 N–H and O–H groups in total. The van der Waals surface area contributed by atoms with Crippen LogP contribution in [0.25, 0.3) is 0 Å². The highest BCUT2D eigenvalue weighted by molar-refractivity contribution is 6.20. The molecule has 1 heterocycles. The van der Waals surface area contributed by atoms with Crippen LogP contribution in [-0.4, -0.2) is 24.9 Å². The van der Waals surface area contributed by atoms with E-state index in [9.17, 15) is 0 Å². The van der Waals surface area contributed by atoms with Crippen LogP contribution in [0.15, 0.2) is 0 Å². The molecule has 1 aliphatic rings. The molecule has 2 nitrogen and oxygen atoms in total. The molecule has 3 heteroatoms. The second-order valence-corrected chi connectivity index (χ2v) is 4.62. The van der Waals surface area contributed by atoms with E-state index in [1.54, 1.807) is 0 Å². The van der Waals surface area contributed by atoms with Crippen molar-refractivity contribution in [3.63, 3.8) is 0 Å². The fourth-order valence-corrected chi connectivity index (χ4v) is 1.66. The second-order valence-electron chi connectivity index (χ2n) is 4.00. The van der Waals surface area contributed by atoms with Gasteiger partial charge in [0.05, 0.1) is 0 Å². The zero-order chi connectivity index (χ0) is 11.6. The third-order valence-electron chi connectivity index (χ3n) is 2.63. The smallest absolute Gasteiger partial charge is 0.158 e. The molecule has 2 atom stereocenters. The molecule has 0 spiro atoms. The van der Waals surface area contributed by atoms with Gasteiger partial charge < -0.3 is 9.47 Å². The largest absolute Gasteiger partial charge is 0.353 e. The Hall–Kier alpha value is -0.230. The van der Waals surface area contributed by atoms with Gasteiger partial charge in [0.1, 0.15) is 6.61 Å². The van der Waals surface area contributed by atoms with Crippen LogP contribution in [0.5, 0.6) is 0 Å². The maximum Gasteiger partial charge on any atom is 0.158 e. The van der Waals surface area contributed by atoms with Gasteiger partial charge in [0.25, 0.3) is 0 Å². The Morgan fingerprint density at radius 2 is 2.31 bits per heavy atom. The highest BCUT2D eigenvalue weighted by atomic mass is 35.5. The molecule has 0 amide bonds. The lowest BCUT2D eigenvalue weighted by molar-refractivity contribution is -0.154. The molecule has 0 bridgehead atoms. The molecule has 0 aromatic heterocycles. The van der Waals surface area contributed by atoms with E-state index >= 15 is 0 Å². The maximum absolute atomic E-state index is 5.98. The van der Waals surface area contributed by atoms with Gasteiger partial charge in [0, 0.05) is 18.4 Å². The third kappa shape index (κ3) is 6.37. The first-order valence-electron chi connectivity index (χ1n) is 6.16. The number of halogens is 1. The van der Waals surface area contributed by atoms with E-state index in [-0.39, 0.29) is 11.7 Å². The molecular weight excluding hydrogens is 224 g/mol. The van der Waals surface area contributed by atoms with Crippen LogP contribution in [-0.2, 0) is 9.47 Å². The number of hydrogen-bond acceptors (Lipinski definition) is 2. The van der Waals surface area contributed by atoms with Crippen molar-refractivity contribution in [2.45, 2.75) is 57.1 Å². The summed E-state index contributed by atoms with van der Waals surface area (Å²) in [7, 11) is 0. The molecule has 0 radical (unpaired) electrons. The van der Waals surface area contributed by atoms with Crippen LogP contribution in [0.2, 0.25) is 0 Å². The summed E-state index contributed by atoms with van der Waals surface area (Å²) in [6.45, 7) is 3.39. The van der Waals surface area contributed by atoms with Gasteiger partial charge in [0.2, 0.25) is 0 Å². The van der Waals surface area contributed by atoms with E-state index in [2.05, 4.69) is 18.8 Å². The van der Waals surface area contributed by atoms with Crippen LogP contribution < -0.4 is 0 Å². The molecule has 1 saturated heterocycles. The van der Waals surface area contributed by atoms with Crippen LogP contribution in [0.3, 0.4) is 0 Å². The van der Waals surface area contributed by atoms with Gasteiger partial charge in [-0.15, -0.1) is 17.5 Å². The minimum absolute atomic E-state index is 0.0283. The summed E-state index contributed by atoms with van der Waals surface area (Å²) in [5, 5.41) is 0.261. The van der Waals surface area contributed by atoms with Crippen LogP contribution >= 0.6 is 11.6 Å². The summed E-state index contributed by atoms with van der Waals surface area (Å²) >= 11 is 5.98. The number of alkyl halides is 1. The van der Waals surface area contributed by atoms with Gasteiger partial charge in [-0.3, -0.25) is 0 Å². The SMILES string of the molecule is CCC(Cl)CCC#CCOC1CCCCO1. The van der Waals surface area contributed by atoms with Gasteiger partial charge in [-0.2, -0.15) is 0 Å². The first-order chi connectivity index (χ1) is 7.83. The predicted molar refractivity (Wildman–Crippen MR) is 66.5 cm³/mol. The number of rotatable bonds is 5. The third-order valence-corrected chi connectivity index (χ3v) is 3.16. The first kappa shape index (κ1) is 13.8. The molecule has 1 rings (SSSR count). The van der Waals surface area contributed by atoms with E-state index < -0.39 is 0 Å². The van der Waals surface area contributed by atoms with Crippen molar-refractivity contribution in [3.05, 3.63) is 0 Å². The van der Waals surface area contributed by atoms with Crippen molar-refractivity contribution in [1.82, 2.24) is 0 Å². The van der Waals surface area contributed by atoms with Gasteiger partial charge in [-0.25, -0.2) is 0 Å². The topological polar surface area (TPSA) is 18.5 Å². The van der Waals surface area contributed by atoms with Crippen molar-refractivity contribution in [3.8, 4) is 11.8 Å². The molecule has 92 valence electrons. The van der Waals surface area contributed by atoms with E-state index in [0.29, 0.717) is 6.61 Å². The lowest BCUT2D eigenvalue weighted by Gasteiger charge is -2.21. The van der Waals surface area contributed by atoms with E-state index in [0.717, 1.165) is 38.7 Å². The first-order valence-corrected chi connectivity index (χ1v) is 6.59. The predicted octanol–water partition coefficient (Wildman–Crippen LogP) is 3.33. The van der Waals surface area contributed by atoms with E-state index in [1.165, 1.54) is 6.42 Å². The monoisotopic (exact) mass is 244 g/mol. The van der Waals surface area contributed by atoms with E-state index in [1.807, 2.05) is 0 Å². The number of hydrogen-bond donors (Lipinski definition) is 0. The van der Waals surface area contributed by atoms with Gasteiger partial charge >= 0.3 is 0 Å². The molecule has 1 fully saturated rings. The van der Waals surface area contributed by atoms with Gasteiger partial charge in [0.15, 0.2) is 6.29 Å². The highest BCUT2D eigenvalue weighted by Crippen LogP contribution is 2.13. The second kappa shape index (κ2) is 8.87. The summed E-state index contributed by atoms with van der Waals surface area (Å²) in [5.74, 6) is 6.08. The highest BCUT2D eigenvalue weighted by Gasteiger charge is 2.12. The average Bonchev–Trinajstić information content (AvgIpc) is 2.34. The standard InChI is InChI=1S/C13H21ClO2/c1-2-12(14)8-4-3-6-10-15-13-9-5-7-11-16-13/h12-13H,2,4-5,7-11H2,1H3. The molecule has 2 unspecified atom stereocenters. The van der Waals surface area contributed by atoms with Crippen LogP contribution in [0.4, 0.5) is 0 Å². The molecule has 1 aliphatic heterocycles. The molecule has 0 aliphatic carbocycles. The Morgan fingerprint density at radius 1 is 1.44 bits per heavy atom. The minimum atomic E-state index is -0.0283. The zero-order valence-corrected chi connectivity index (χ0v) is 10.8. The summed E-state index contributed by atoms with van der Waals surface area (Å²) in [6, 6.07) is 0.